The number of benzene rings is 2. The molecule has 1 aliphatic heterocycles. The van der Waals surface area contributed by atoms with Gasteiger partial charge in [-0.2, -0.15) is 0 Å². The van der Waals surface area contributed by atoms with Crippen molar-refractivity contribution in [2.45, 2.75) is 18.7 Å². The topological polar surface area (TPSA) is 47.6 Å². The van der Waals surface area contributed by atoms with E-state index in [1.165, 1.54) is 17.8 Å². The van der Waals surface area contributed by atoms with Crippen LogP contribution in [0.15, 0.2) is 36.4 Å². The van der Waals surface area contributed by atoms with Crippen molar-refractivity contribution in [3.05, 3.63) is 58.4 Å². The summed E-state index contributed by atoms with van der Waals surface area (Å²) in [5.41, 5.74) is 1.36. The van der Waals surface area contributed by atoms with Gasteiger partial charge in [-0.25, -0.2) is 4.39 Å². The van der Waals surface area contributed by atoms with Gasteiger partial charge in [-0.3, -0.25) is 4.79 Å². The molecule has 1 heterocycles. The van der Waals surface area contributed by atoms with E-state index in [1.807, 2.05) is 25.1 Å². The smallest absolute Gasteiger partial charge is 0.230 e. The Hall–Kier alpha value is -1.92. The van der Waals surface area contributed by atoms with Crippen molar-refractivity contribution in [3.63, 3.8) is 0 Å². The summed E-state index contributed by atoms with van der Waals surface area (Å²) < 4.78 is 24.8. The highest BCUT2D eigenvalue weighted by Crippen LogP contribution is 2.32. The quantitative estimate of drug-likeness (QED) is 0.789. The average molecular weight is 396 g/mol. The molecule has 26 heavy (non-hydrogen) atoms. The van der Waals surface area contributed by atoms with Crippen molar-refractivity contribution in [1.82, 2.24) is 5.32 Å². The van der Waals surface area contributed by atoms with Crippen LogP contribution in [0.1, 0.15) is 24.1 Å². The van der Waals surface area contributed by atoms with E-state index >= 15 is 0 Å². The molecule has 138 valence electrons. The van der Waals surface area contributed by atoms with E-state index in [0.717, 1.165) is 11.3 Å². The Bertz CT molecular complexity index is 782. The highest BCUT2D eigenvalue weighted by Gasteiger charge is 2.16. The van der Waals surface area contributed by atoms with Gasteiger partial charge in [0.2, 0.25) is 5.91 Å². The van der Waals surface area contributed by atoms with E-state index in [0.29, 0.717) is 35.3 Å². The standard InChI is InChI=1S/C19H19ClFNO3S/c1-12(13-5-6-17-18(9-13)25-8-7-24-17)22-19(23)11-26-10-14-15(20)3-2-4-16(14)21/h2-6,9,12H,7-8,10-11H2,1H3,(H,22,23)/t12-/m1/s1. The number of carbonyl (C=O) groups excluding carboxylic acids is 1. The minimum Gasteiger partial charge on any atom is -0.486 e. The van der Waals surface area contributed by atoms with E-state index in [2.05, 4.69) is 5.32 Å². The summed E-state index contributed by atoms with van der Waals surface area (Å²) >= 11 is 7.31. The molecule has 0 radical (unpaired) electrons. The second-order valence-corrected chi connectivity index (χ2v) is 7.28. The van der Waals surface area contributed by atoms with E-state index in [9.17, 15) is 9.18 Å². The summed E-state index contributed by atoms with van der Waals surface area (Å²) in [5.74, 6) is 1.51. The second kappa shape index (κ2) is 8.64. The molecule has 7 heteroatoms. The minimum absolute atomic E-state index is 0.121. The van der Waals surface area contributed by atoms with Gasteiger partial charge in [0.15, 0.2) is 11.5 Å². The molecule has 0 saturated heterocycles. The predicted octanol–water partition coefficient (Wildman–Crippen LogP) is 4.36. The van der Waals surface area contributed by atoms with Crippen molar-refractivity contribution >= 4 is 29.3 Å². The van der Waals surface area contributed by atoms with Gasteiger partial charge in [0.1, 0.15) is 19.0 Å². The van der Waals surface area contributed by atoms with Crippen molar-refractivity contribution in [2.24, 2.45) is 0 Å². The maximum absolute atomic E-state index is 13.7. The second-order valence-electron chi connectivity index (χ2n) is 5.89. The largest absolute Gasteiger partial charge is 0.486 e. The molecular weight excluding hydrogens is 377 g/mol. The fourth-order valence-electron chi connectivity index (χ4n) is 2.61. The van der Waals surface area contributed by atoms with E-state index in [1.54, 1.807) is 12.1 Å². The minimum atomic E-state index is -0.352. The van der Waals surface area contributed by atoms with Gasteiger partial charge in [0, 0.05) is 16.3 Å². The first-order valence-electron chi connectivity index (χ1n) is 8.24. The number of thioether (sulfide) groups is 1. The lowest BCUT2D eigenvalue weighted by Gasteiger charge is -2.21. The summed E-state index contributed by atoms with van der Waals surface area (Å²) in [4.78, 5) is 12.2. The zero-order valence-corrected chi connectivity index (χ0v) is 15.8. The van der Waals surface area contributed by atoms with Crippen LogP contribution in [0.2, 0.25) is 5.02 Å². The number of nitrogens with one attached hydrogen (secondary N) is 1. The zero-order chi connectivity index (χ0) is 18.5. The van der Waals surface area contributed by atoms with Crippen LogP contribution in [0.4, 0.5) is 4.39 Å². The molecule has 0 unspecified atom stereocenters. The third kappa shape index (κ3) is 4.62. The zero-order valence-electron chi connectivity index (χ0n) is 14.3. The fraction of sp³-hybridized carbons (Fsp3) is 0.316. The van der Waals surface area contributed by atoms with Gasteiger partial charge in [-0.05, 0) is 36.8 Å². The highest BCUT2D eigenvalue weighted by atomic mass is 35.5. The summed E-state index contributed by atoms with van der Waals surface area (Å²) in [7, 11) is 0. The summed E-state index contributed by atoms with van der Waals surface area (Å²) in [6.07, 6.45) is 0. The molecule has 2 aromatic carbocycles. The van der Waals surface area contributed by atoms with E-state index in [4.69, 9.17) is 21.1 Å². The molecule has 0 fully saturated rings. The number of hydrogen-bond donors (Lipinski definition) is 1. The Kier molecular flexibility index (Phi) is 6.27. The third-order valence-corrected chi connectivity index (χ3v) is 5.30. The molecular formula is C19H19ClFNO3S. The molecule has 0 aliphatic carbocycles. The maximum atomic E-state index is 13.7. The van der Waals surface area contributed by atoms with Crippen LogP contribution in [-0.2, 0) is 10.5 Å². The van der Waals surface area contributed by atoms with Crippen LogP contribution in [0, 0.1) is 5.82 Å². The van der Waals surface area contributed by atoms with Crippen molar-refractivity contribution in [3.8, 4) is 11.5 Å². The normalized spacial score (nSPS) is 14.0. The number of fused-ring (bicyclic) bond motifs is 1. The Labute approximate surface area is 161 Å². The average Bonchev–Trinajstić information content (AvgIpc) is 2.63. The molecule has 0 spiro atoms. The maximum Gasteiger partial charge on any atom is 0.230 e. The Morgan fingerprint density at radius 1 is 1.27 bits per heavy atom. The monoisotopic (exact) mass is 395 g/mol. The Balaban J connectivity index is 1.51. The number of carbonyl (C=O) groups is 1. The van der Waals surface area contributed by atoms with Gasteiger partial charge in [0.25, 0.3) is 0 Å². The number of amides is 1. The molecule has 1 atom stereocenters. The molecule has 1 aliphatic rings. The lowest BCUT2D eigenvalue weighted by atomic mass is 10.1. The molecule has 2 aromatic rings. The van der Waals surface area contributed by atoms with Gasteiger partial charge < -0.3 is 14.8 Å². The van der Waals surface area contributed by atoms with Crippen LogP contribution in [-0.4, -0.2) is 24.9 Å². The van der Waals surface area contributed by atoms with Crippen LogP contribution < -0.4 is 14.8 Å². The third-order valence-electron chi connectivity index (χ3n) is 3.98. The number of rotatable bonds is 6. The lowest BCUT2D eigenvalue weighted by Crippen LogP contribution is -2.28. The highest BCUT2D eigenvalue weighted by molar-refractivity contribution is 7.99. The lowest BCUT2D eigenvalue weighted by molar-refractivity contribution is -0.119. The summed E-state index contributed by atoms with van der Waals surface area (Å²) in [6, 6.07) is 10.0. The van der Waals surface area contributed by atoms with Crippen LogP contribution >= 0.6 is 23.4 Å². The SMILES string of the molecule is C[C@@H](NC(=O)CSCc1c(F)cccc1Cl)c1ccc2c(c1)OCCO2. The Morgan fingerprint density at radius 3 is 2.81 bits per heavy atom. The number of hydrogen-bond acceptors (Lipinski definition) is 4. The van der Waals surface area contributed by atoms with Gasteiger partial charge in [-0.15, -0.1) is 11.8 Å². The number of halogens is 2. The van der Waals surface area contributed by atoms with Crippen molar-refractivity contribution < 1.29 is 18.7 Å². The molecule has 1 N–H and O–H groups in total. The van der Waals surface area contributed by atoms with E-state index < -0.39 is 0 Å². The van der Waals surface area contributed by atoms with Crippen LogP contribution in [0.3, 0.4) is 0 Å². The fourth-order valence-corrected chi connectivity index (χ4v) is 3.79. The van der Waals surface area contributed by atoms with Gasteiger partial charge in [0.05, 0.1) is 11.8 Å². The van der Waals surface area contributed by atoms with Crippen molar-refractivity contribution in [2.75, 3.05) is 19.0 Å². The summed E-state index contributed by atoms with van der Waals surface area (Å²) in [5, 5.41) is 3.31. The van der Waals surface area contributed by atoms with E-state index in [-0.39, 0.29) is 23.5 Å². The first kappa shape index (κ1) is 18.9. The Morgan fingerprint density at radius 2 is 2.04 bits per heavy atom. The molecule has 4 nitrogen and oxygen atoms in total. The predicted molar refractivity (Wildman–Crippen MR) is 102 cm³/mol. The van der Waals surface area contributed by atoms with Crippen molar-refractivity contribution in [1.29, 1.82) is 0 Å². The van der Waals surface area contributed by atoms with Crippen LogP contribution in [0.25, 0.3) is 0 Å². The molecule has 0 aromatic heterocycles. The van der Waals surface area contributed by atoms with Crippen LogP contribution in [0.5, 0.6) is 11.5 Å². The summed E-state index contributed by atoms with van der Waals surface area (Å²) in [6.45, 7) is 2.97. The molecule has 0 saturated carbocycles. The number of ether oxygens (including phenoxy) is 2. The first-order valence-corrected chi connectivity index (χ1v) is 9.77. The molecule has 1 amide bonds. The van der Waals surface area contributed by atoms with Gasteiger partial charge >= 0.3 is 0 Å². The molecule has 0 bridgehead atoms. The molecule has 3 rings (SSSR count). The van der Waals surface area contributed by atoms with Gasteiger partial charge in [-0.1, -0.05) is 23.7 Å². The first-order chi connectivity index (χ1) is 12.5.